The summed E-state index contributed by atoms with van der Waals surface area (Å²) in [7, 11) is 0. The molecule has 0 radical (unpaired) electrons. The number of unbranched alkanes of at least 4 members (excludes halogenated alkanes) is 3. The third-order valence-electron chi connectivity index (χ3n) is 5.36. The molecule has 31 heavy (non-hydrogen) atoms. The van der Waals surface area contributed by atoms with E-state index in [0.29, 0.717) is 11.3 Å². The molecule has 0 unspecified atom stereocenters. The summed E-state index contributed by atoms with van der Waals surface area (Å²) in [4.78, 5) is 26.7. The Morgan fingerprint density at radius 3 is 2.48 bits per heavy atom. The fourth-order valence-electron chi connectivity index (χ4n) is 3.61. The number of carbonyl (C=O) groups is 2. The smallest absolute Gasteiger partial charge is 0.253 e. The second-order valence-corrected chi connectivity index (χ2v) is 7.92. The predicted molar refractivity (Wildman–Crippen MR) is 125 cm³/mol. The van der Waals surface area contributed by atoms with Crippen molar-refractivity contribution >= 4 is 23.2 Å². The van der Waals surface area contributed by atoms with E-state index in [2.05, 4.69) is 17.6 Å². The Morgan fingerprint density at radius 2 is 1.74 bits per heavy atom. The molecule has 2 amide bonds. The summed E-state index contributed by atoms with van der Waals surface area (Å²) in [6.45, 7) is 4.68. The van der Waals surface area contributed by atoms with Gasteiger partial charge in [0.05, 0.1) is 13.2 Å². The molecule has 1 saturated heterocycles. The van der Waals surface area contributed by atoms with E-state index in [9.17, 15) is 9.59 Å². The summed E-state index contributed by atoms with van der Waals surface area (Å²) in [6.07, 6.45) is 6.84. The van der Waals surface area contributed by atoms with E-state index < -0.39 is 0 Å². The summed E-state index contributed by atoms with van der Waals surface area (Å²) >= 11 is 0. The number of carbonyl (C=O) groups excluding carboxylic acids is 2. The normalized spacial score (nSPS) is 13.1. The van der Waals surface area contributed by atoms with Gasteiger partial charge in [-0.05, 0) is 61.7 Å². The highest BCUT2D eigenvalue weighted by molar-refractivity contribution is 5.98. The molecule has 6 heteroatoms. The van der Waals surface area contributed by atoms with Crippen molar-refractivity contribution in [1.29, 1.82) is 0 Å². The Bertz CT molecular complexity index is 845. The van der Waals surface area contributed by atoms with Crippen LogP contribution in [0.5, 0.6) is 5.75 Å². The maximum absolute atomic E-state index is 12.5. The molecular weight excluding hydrogens is 390 g/mol. The second-order valence-electron chi connectivity index (χ2n) is 7.92. The monoisotopic (exact) mass is 423 g/mol. The summed E-state index contributed by atoms with van der Waals surface area (Å²) in [5, 5.41) is 5.97. The van der Waals surface area contributed by atoms with Gasteiger partial charge in [0.2, 0.25) is 5.91 Å². The number of likely N-dealkylation sites (tertiary alicyclic amines) is 1. The Morgan fingerprint density at radius 1 is 0.968 bits per heavy atom. The molecule has 0 saturated carbocycles. The fourth-order valence-corrected chi connectivity index (χ4v) is 3.61. The molecule has 0 bridgehead atoms. The largest absolute Gasteiger partial charge is 0.494 e. The first-order valence-electron chi connectivity index (χ1n) is 11.3. The Balaban J connectivity index is 1.42. The Labute approximate surface area is 185 Å². The SMILES string of the molecule is CCCCCCOc1ccc(NCC(=O)Nc2cccc(C(=O)N3CCCC3)c2)cc1. The van der Waals surface area contributed by atoms with Crippen LogP contribution in [0.4, 0.5) is 11.4 Å². The van der Waals surface area contributed by atoms with Gasteiger partial charge in [-0.25, -0.2) is 0 Å². The number of ether oxygens (including phenoxy) is 1. The molecule has 2 aromatic rings. The van der Waals surface area contributed by atoms with Gasteiger partial charge in [0.1, 0.15) is 5.75 Å². The number of rotatable bonds is 11. The highest BCUT2D eigenvalue weighted by Crippen LogP contribution is 2.18. The Kier molecular flexibility index (Phi) is 8.76. The number of amides is 2. The zero-order valence-electron chi connectivity index (χ0n) is 18.4. The van der Waals surface area contributed by atoms with Crippen molar-refractivity contribution in [2.75, 3.05) is 36.9 Å². The van der Waals surface area contributed by atoms with E-state index in [1.807, 2.05) is 29.2 Å². The van der Waals surface area contributed by atoms with E-state index in [-0.39, 0.29) is 18.4 Å². The number of hydrogen-bond donors (Lipinski definition) is 2. The number of benzene rings is 2. The molecule has 1 aliphatic heterocycles. The van der Waals surface area contributed by atoms with E-state index in [4.69, 9.17) is 4.74 Å². The predicted octanol–water partition coefficient (Wildman–Crippen LogP) is 4.93. The zero-order valence-corrected chi connectivity index (χ0v) is 18.4. The van der Waals surface area contributed by atoms with Crippen molar-refractivity contribution in [3.05, 3.63) is 54.1 Å². The topological polar surface area (TPSA) is 70.7 Å². The summed E-state index contributed by atoms with van der Waals surface area (Å²) in [6, 6.07) is 14.8. The maximum Gasteiger partial charge on any atom is 0.253 e. The fraction of sp³-hybridized carbons (Fsp3) is 0.440. The first-order chi connectivity index (χ1) is 15.2. The average molecular weight is 424 g/mol. The van der Waals surface area contributed by atoms with Crippen LogP contribution in [-0.4, -0.2) is 43.0 Å². The molecule has 0 spiro atoms. The van der Waals surface area contributed by atoms with E-state index in [1.165, 1.54) is 19.3 Å². The lowest BCUT2D eigenvalue weighted by atomic mass is 10.1. The van der Waals surface area contributed by atoms with Gasteiger partial charge in [-0.15, -0.1) is 0 Å². The molecule has 6 nitrogen and oxygen atoms in total. The van der Waals surface area contributed by atoms with Crippen molar-refractivity contribution in [2.45, 2.75) is 45.4 Å². The first-order valence-corrected chi connectivity index (χ1v) is 11.3. The molecule has 1 heterocycles. The molecule has 1 aliphatic rings. The molecule has 166 valence electrons. The molecule has 1 fully saturated rings. The third-order valence-corrected chi connectivity index (χ3v) is 5.36. The minimum Gasteiger partial charge on any atom is -0.494 e. The standard InChI is InChI=1S/C25H33N3O3/c1-2-3-4-7-17-31-23-13-11-21(12-14-23)26-19-24(29)27-22-10-8-9-20(18-22)25(30)28-15-5-6-16-28/h8-14,18,26H,2-7,15-17,19H2,1H3,(H,27,29). The zero-order chi connectivity index (χ0) is 21.9. The Hall–Kier alpha value is -3.02. The van der Waals surface area contributed by atoms with Gasteiger partial charge >= 0.3 is 0 Å². The van der Waals surface area contributed by atoms with Crippen molar-refractivity contribution in [2.24, 2.45) is 0 Å². The third kappa shape index (κ3) is 7.31. The van der Waals surface area contributed by atoms with Crippen LogP contribution in [0.15, 0.2) is 48.5 Å². The first kappa shape index (κ1) is 22.7. The minimum atomic E-state index is -0.165. The van der Waals surface area contributed by atoms with Crippen LogP contribution in [0.3, 0.4) is 0 Å². The number of nitrogens with one attached hydrogen (secondary N) is 2. The molecule has 0 aliphatic carbocycles. The second kappa shape index (κ2) is 12.0. The van der Waals surface area contributed by atoms with Gasteiger partial charge in [0.15, 0.2) is 0 Å². The summed E-state index contributed by atoms with van der Waals surface area (Å²) in [5.41, 5.74) is 2.09. The summed E-state index contributed by atoms with van der Waals surface area (Å²) < 4.78 is 5.74. The summed E-state index contributed by atoms with van der Waals surface area (Å²) in [5.74, 6) is 0.701. The van der Waals surface area contributed by atoms with Gasteiger partial charge in [-0.3, -0.25) is 9.59 Å². The quantitative estimate of drug-likeness (QED) is 0.503. The molecule has 2 N–H and O–H groups in total. The molecule has 0 atom stereocenters. The van der Waals surface area contributed by atoms with Crippen LogP contribution in [-0.2, 0) is 4.79 Å². The van der Waals surface area contributed by atoms with Gasteiger partial charge < -0.3 is 20.3 Å². The van der Waals surface area contributed by atoms with Crippen LogP contribution in [0.1, 0.15) is 55.8 Å². The lowest BCUT2D eigenvalue weighted by Gasteiger charge is -2.16. The minimum absolute atomic E-state index is 0.0272. The van der Waals surface area contributed by atoms with Crippen LogP contribution < -0.4 is 15.4 Å². The van der Waals surface area contributed by atoms with Gasteiger partial charge in [-0.2, -0.15) is 0 Å². The van der Waals surface area contributed by atoms with Gasteiger partial charge in [-0.1, -0.05) is 32.3 Å². The average Bonchev–Trinajstić information content (AvgIpc) is 3.33. The molecule has 0 aromatic heterocycles. The van der Waals surface area contributed by atoms with E-state index >= 15 is 0 Å². The van der Waals surface area contributed by atoms with Crippen molar-refractivity contribution < 1.29 is 14.3 Å². The lowest BCUT2D eigenvalue weighted by Crippen LogP contribution is -2.27. The molecule has 3 rings (SSSR count). The number of nitrogens with zero attached hydrogens (tertiary/aromatic N) is 1. The van der Waals surface area contributed by atoms with Crippen LogP contribution in [0.2, 0.25) is 0 Å². The number of anilines is 2. The lowest BCUT2D eigenvalue weighted by molar-refractivity contribution is -0.114. The van der Waals surface area contributed by atoms with E-state index in [1.54, 1.807) is 24.3 Å². The van der Waals surface area contributed by atoms with Crippen molar-refractivity contribution in [1.82, 2.24) is 4.90 Å². The molecule has 2 aromatic carbocycles. The van der Waals surface area contributed by atoms with Crippen LogP contribution in [0, 0.1) is 0 Å². The van der Waals surface area contributed by atoms with E-state index in [0.717, 1.165) is 50.4 Å². The molecular formula is C25H33N3O3. The van der Waals surface area contributed by atoms with Crippen LogP contribution >= 0.6 is 0 Å². The van der Waals surface area contributed by atoms with Gasteiger partial charge in [0.25, 0.3) is 5.91 Å². The highest BCUT2D eigenvalue weighted by Gasteiger charge is 2.19. The van der Waals surface area contributed by atoms with Crippen molar-refractivity contribution in [3.8, 4) is 5.75 Å². The highest BCUT2D eigenvalue weighted by atomic mass is 16.5. The van der Waals surface area contributed by atoms with Crippen LogP contribution in [0.25, 0.3) is 0 Å². The number of hydrogen-bond acceptors (Lipinski definition) is 4. The van der Waals surface area contributed by atoms with Gasteiger partial charge in [0, 0.05) is 30.0 Å². The van der Waals surface area contributed by atoms with Crippen molar-refractivity contribution in [3.63, 3.8) is 0 Å². The maximum atomic E-state index is 12.5.